The van der Waals surface area contributed by atoms with Crippen LogP contribution < -0.4 is 4.74 Å². The zero-order valence-electron chi connectivity index (χ0n) is 16.6. The van der Waals surface area contributed by atoms with E-state index in [2.05, 4.69) is 17.0 Å². The SMILES string of the molecule is O=C(O)C1CCN(C(c2ccc(Cl)cc2)c2cccc(Oc3ccccc3)c2)CC1. The summed E-state index contributed by atoms with van der Waals surface area (Å²) < 4.78 is 6.04. The molecule has 1 N–H and O–H groups in total. The van der Waals surface area contributed by atoms with Gasteiger partial charge in [0.05, 0.1) is 12.0 Å². The fourth-order valence-electron chi connectivity index (χ4n) is 4.04. The third kappa shape index (κ3) is 4.84. The molecule has 0 aromatic heterocycles. The highest BCUT2D eigenvalue weighted by Crippen LogP contribution is 2.35. The number of carboxylic acids is 1. The van der Waals surface area contributed by atoms with Crippen LogP contribution in [0.4, 0.5) is 0 Å². The van der Waals surface area contributed by atoms with E-state index in [1.165, 1.54) is 0 Å². The molecule has 0 aliphatic carbocycles. The molecule has 0 amide bonds. The van der Waals surface area contributed by atoms with Gasteiger partial charge in [0.2, 0.25) is 0 Å². The summed E-state index contributed by atoms with van der Waals surface area (Å²) in [7, 11) is 0. The third-order valence-corrected chi connectivity index (χ3v) is 5.83. The number of likely N-dealkylation sites (tertiary alicyclic amines) is 1. The van der Waals surface area contributed by atoms with Gasteiger partial charge in [-0.05, 0) is 73.5 Å². The van der Waals surface area contributed by atoms with Crippen LogP contribution in [0.2, 0.25) is 5.02 Å². The van der Waals surface area contributed by atoms with E-state index in [0.29, 0.717) is 17.9 Å². The standard InChI is InChI=1S/C25H24ClNO3/c26-21-11-9-18(10-12-21)24(27-15-13-19(14-16-27)25(28)29)20-5-4-8-23(17-20)30-22-6-2-1-3-7-22/h1-12,17,19,24H,13-16H2,(H,28,29). The summed E-state index contributed by atoms with van der Waals surface area (Å²) in [5.74, 6) is 0.605. The number of carbonyl (C=O) groups is 1. The number of hydrogen-bond donors (Lipinski definition) is 1. The molecule has 0 bridgehead atoms. The van der Waals surface area contributed by atoms with E-state index >= 15 is 0 Å². The van der Waals surface area contributed by atoms with E-state index in [1.807, 2.05) is 66.7 Å². The van der Waals surface area contributed by atoms with Crippen molar-refractivity contribution in [2.75, 3.05) is 13.1 Å². The summed E-state index contributed by atoms with van der Waals surface area (Å²) in [4.78, 5) is 13.7. The van der Waals surface area contributed by atoms with Gasteiger partial charge < -0.3 is 9.84 Å². The lowest BCUT2D eigenvalue weighted by molar-refractivity contribution is -0.143. The van der Waals surface area contributed by atoms with Gasteiger partial charge in [0.25, 0.3) is 0 Å². The minimum atomic E-state index is -0.698. The lowest BCUT2D eigenvalue weighted by atomic mass is 9.91. The molecule has 1 saturated heterocycles. The Morgan fingerprint density at radius 2 is 1.57 bits per heavy atom. The van der Waals surface area contributed by atoms with Gasteiger partial charge >= 0.3 is 5.97 Å². The molecule has 1 fully saturated rings. The number of nitrogens with zero attached hydrogens (tertiary/aromatic N) is 1. The quantitative estimate of drug-likeness (QED) is 0.528. The van der Waals surface area contributed by atoms with Crippen molar-refractivity contribution in [1.29, 1.82) is 0 Å². The molecular formula is C25H24ClNO3. The van der Waals surface area contributed by atoms with Crippen molar-refractivity contribution in [2.45, 2.75) is 18.9 Å². The van der Waals surface area contributed by atoms with Gasteiger partial charge in [-0.3, -0.25) is 9.69 Å². The summed E-state index contributed by atoms with van der Waals surface area (Å²) in [5, 5.41) is 10.1. The van der Waals surface area contributed by atoms with Crippen molar-refractivity contribution >= 4 is 17.6 Å². The maximum atomic E-state index is 11.4. The van der Waals surface area contributed by atoms with Crippen LogP contribution in [0, 0.1) is 5.92 Å². The molecule has 1 aliphatic rings. The van der Waals surface area contributed by atoms with Crippen LogP contribution in [-0.4, -0.2) is 29.1 Å². The fourth-order valence-corrected chi connectivity index (χ4v) is 4.16. The van der Waals surface area contributed by atoms with Gasteiger partial charge in [0.15, 0.2) is 0 Å². The second-order valence-electron chi connectivity index (χ2n) is 7.59. The van der Waals surface area contributed by atoms with E-state index in [4.69, 9.17) is 16.3 Å². The Balaban J connectivity index is 1.63. The molecule has 30 heavy (non-hydrogen) atoms. The molecule has 1 heterocycles. The second-order valence-corrected chi connectivity index (χ2v) is 8.03. The van der Waals surface area contributed by atoms with Gasteiger partial charge in [-0.1, -0.05) is 54.1 Å². The molecule has 0 radical (unpaired) electrons. The summed E-state index contributed by atoms with van der Waals surface area (Å²) in [6, 6.07) is 25.7. The van der Waals surface area contributed by atoms with Crippen LogP contribution in [-0.2, 0) is 4.79 Å². The van der Waals surface area contributed by atoms with Crippen LogP contribution in [0.15, 0.2) is 78.9 Å². The highest BCUT2D eigenvalue weighted by molar-refractivity contribution is 6.30. The second kappa shape index (κ2) is 9.33. The van der Waals surface area contributed by atoms with Crippen LogP contribution in [0.1, 0.15) is 30.0 Å². The Bertz CT molecular complexity index is 983. The zero-order valence-corrected chi connectivity index (χ0v) is 17.3. The van der Waals surface area contributed by atoms with Crippen LogP contribution >= 0.6 is 11.6 Å². The fraction of sp³-hybridized carbons (Fsp3) is 0.240. The molecule has 5 heteroatoms. The smallest absolute Gasteiger partial charge is 0.306 e. The van der Waals surface area contributed by atoms with Gasteiger partial charge in [-0.2, -0.15) is 0 Å². The van der Waals surface area contributed by atoms with Crippen molar-refractivity contribution in [3.8, 4) is 11.5 Å². The molecule has 1 atom stereocenters. The lowest BCUT2D eigenvalue weighted by Gasteiger charge is -2.37. The average Bonchev–Trinajstić information content (AvgIpc) is 2.77. The van der Waals surface area contributed by atoms with Crippen molar-refractivity contribution in [1.82, 2.24) is 4.90 Å². The van der Waals surface area contributed by atoms with Crippen LogP contribution in [0.5, 0.6) is 11.5 Å². The molecule has 3 aromatic rings. The number of hydrogen-bond acceptors (Lipinski definition) is 3. The van der Waals surface area contributed by atoms with E-state index < -0.39 is 5.97 Å². The Kier molecular flexibility index (Phi) is 6.36. The first-order valence-electron chi connectivity index (χ1n) is 10.2. The summed E-state index contributed by atoms with van der Waals surface area (Å²) in [5.41, 5.74) is 2.24. The minimum absolute atomic E-state index is 0.0105. The van der Waals surface area contributed by atoms with Crippen LogP contribution in [0.25, 0.3) is 0 Å². The monoisotopic (exact) mass is 421 g/mol. The van der Waals surface area contributed by atoms with Gasteiger partial charge in [-0.15, -0.1) is 0 Å². The van der Waals surface area contributed by atoms with E-state index in [1.54, 1.807) is 0 Å². The van der Waals surface area contributed by atoms with Gasteiger partial charge in [0, 0.05) is 5.02 Å². The number of piperidine rings is 1. The normalized spacial score (nSPS) is 16.2. The predicted octanol–water partition coefficient (Wildman–Crippen LogP) is 6.02. The highest BCUT2D eigenvalue weighted by Gasteiger charge is 2.30. The molecule has 1 aliphatic heterocycles. The van der Waals surface area contributed by atoms with E-state index in [9.17, 15) is 9.90 Å². The first-order valence-corrected chi connectivity index (χ1v) is 10.5. The molecule has 0 saturated carbocycles. The van der Waals surface area contributed by atoms with Gasteiger partial charge in [-0.25, -0.2) is 0 Å². The molecule has 1 unspecified atom stereocenters. The third-order valence-electron chi connectivity index (χ3n) is 5.58. The largest absolute Gasteiger partial charge is 0.481 e. The van der Waals surface area contributed by atoms with E-state index in [-0.39, 0.29) is 12.0 Å². The van der Waals surface area contributed by atoms with E-state index in [0.717, 1.165) is 35.7 Å². The molecular weight excluding hydrogens is 398 g/mol. The zero-order chi connectivity index (χ0) is 20.9. The first-order chi connectivity index (χ1) is 14.6. The molecule has 4 nitrogen and oxygen atoms in total. The molecule has 154 valence electrons. The predicted molar refractivity (Wildman–Crippen MR) is 118 cm³/mol. The summed E-state index contributed by atoms with van der Waals surface area (Å²) in [6.07, 6.45) is 1.30. The maximum absolute atomic E-state index is 11.4. The molecule has 3 aromatic carbocycles. The number of aliphatic carboxylic acids is 1. The number of ether oxygens (including phenoxy) is 1. The van der Waals surface area contributed by atoms with Crippen molar-refractivity contribution in [3.05, 3.63) is 95.0 Å². The van der Waals surface area contributed by atoms with Crippen molar-refractivity contribution in [3.63, 3.8) is 0 Å². The number of para-hydroxylation sites is 1. The minimum Gasteiger partial charge on any atom is -0.481 e. The number of benzene rings is 3. The Labute approximate surface area is 181 Å². The Morgan fingerprint density at radius 1 is 0.900 bits per heavy atom. The summed E-state index contributed by atoms with van der Waals surface area (Å²) in [6.45, 7) is 1.46. The van der Waals surface area contributed by atoms with Crippen LogP contribution in [0.3, 0.4) is 0 Å². The van der Waals surface area contributed by atoms with Crippen molar-refractivity contribution < 1.29 is 14.6 Å². The average molecular weight is 422 g/mol. The van der Waals surface area contributed by atoms with Crippen molar-refractivity contribution in [2.24, 2.45) is 5.92 Å². The molecule has 0 spiro atoms. The van der Waals surface area contributed by atoms with Gasteiger partial charge in [0.1, 0.15) is 11.5 Å². The summed E-state index contributed by atoms with van der Waals surface area (Å²) >= 11 is 6.12. The lowest BCUT2D eigenvalue weighted by Crippen LogP contribution is -2.39. The topological polar surface area (TPSA) is 49.8 Å². The molecule has 4 rings (SSSR count). The maximum Gasteiger partial charge on any atom is 0.306 e. The number of carboxylic acid groups (broad SMARTS) is 1. The number of halogens is 1. The highest BCUT2D eigenvalue weighted by atomic mass is 35.5. The Morgan fingerprint density at radius 3 is 2.23 bits per heavy atom. The Hall–Kier alpha value is -2.82. The number of rotatable bonds is 6. The first kappa shape index (κ1) is 20.5.